The van der Waals surface area contributed by atoms with Crippen LogP contribution in [0.3, 0.4) is 0 Å². The van der Waals surface area contributed by atoms with Crippen molar-refractivity contribution in [2.75, 3.05) is 18.0 Å². The van der Waals surface area contributed by atoms with Crippen LogP contribution in [0.5, 0.6) is 0 Å². The molecule has 0 saturated heterocycles. The molecule has 0 aliphatic heterocycles. The third-order valence-corrected chi connectivity index (χ3v) is 4.56. The van der Waals surface area contributed by atoms with E-state index in [0.717, 1.165) is 42.5 Å². The molecule has 0 atom stereocenters. The van der Waals surface area contributed by atoms with Gasteiger partial charge in [0.05, 0.1) is 19.3 Å². The van der Waals surface area contributed by atoms with Crippen LogP contribution in [0.15, 0.2) is 53.2 Å². The molecule has 0 aliphatic carbocycles. The lowest BCUT2D eigenvalue weighted by Crippen LogP contribution is -3.00. The molecule has 0 aliphatic rings. The van der Waals surface area contributed by atoms with Crippen LogP contribution < -0.4 is 26.4 Å². The molecule has 7 nitrogen and oxygen atoms in total. The maximum Gasteiger partial charge on any atom is 0.250 e. The number of hydrogen-bond acceptors (Lipinski definition) is 6. The highest BCUT2D eigenvalue weighted by Crippen LogP contribution is 2.23. The molecule has 0 N–H and O–H groups in total. The Morgan fingerprint density at radius 1 is 1.27 bits per heavy atom. The van der Waals surface area contributed by atoms with E-state index in [0.29, 0.717) is 5.13 Å². The van der Waals surface area contributed by atoms with Gasteiger partial charge >= 0.3 is 0 Å². The number of halogens is 2. The van der Waals surface area contributed by atoms with Gasteiger partial charge in [-0.25, -0.2) is 9.13 Å². The highest BCUT2D eigenvalue weighted by atomic mass is 79.9. The minimum atomic E-state index is 0. The molecule has 3 rings (SSSR count). The second-order valence-electron chi connectivity index (χ2n) is 5.46. The summed E-state index contributed by atoms with van der Waals surface area (Å²) in [5.41, 5.74) is 1.93. The van der Waals surface area contributed by atoms with Gasteiger partial charge in [-0.05, 0) is 42.8 Å². The van der Waals surface area contributed by atoms with Crippen molar-refractivity contribution >= 4 is 39.6 Å². The molecule has 2 heterocycles. The first kappa shape index (κ1) is 20.5. The van der Waals surface area contributed by atoms with Crippen LogP contribution in [0.2, 0.25) is 5.28 Å². The first-order chi connectivity index (χ1) is 12.1. The van der Waals surface area contributed by atoms with Crippen LogP contribution in [0, 0.1) is 0 Å². The van der Waals surface area contributed by atoms with Gasteiger partial charge in [0.25, 0.3) is 0 Å². The standard InChI is InChI=1S/C16H19ClN7S.BrH/c1-3-24(11-10-23-9-8-22(2)12-23)14-6-4-13(5-7-14)19-20-16-18-15(17)21-25-16;/h4-9,12H,3,10-11H2,1-2H3;1H/q+1;/p-1/b20-19+;. The van der Waals surface area contributed by atoms with Crippen molar-refractivity contribution in [1.29, 1.82) is 0 Å². The molecule has 10 heteroatoms. The topological polar surface area (TPSA) is 62.5 Å². The fourth-order valence-corrected chi connectivity index (χ4v) is 3.05. The van der Waals surface area contributed by atoms with Crippen molar-refractivity contribution in [1.82, 2.24) is 13.9 Å². The number of aryl methyl sites for hydroxylation is 1. The van der Waals surface area contributed by atoms with E-state index in [-0.39, 0.29) is 22.3 Å². The summed E-state index contributed by atoms with van der Waals surface area (Å²) in [5, 5.41) is 8.84. The summed E-state index contributed by atoms with van der Waals surface area (Å²) in [6.07, 6.45) is 6.20. The molecular formula is C16H19BrClN7S. The average Bonchev–Trinajstić information content (AvgIpc) is 3.23. The molecule has 1 aromatic carbocycles. The van der Waals surface area contributed by atoms with E-state index in [4.69, 9.17) is 11.6 Å². The number of nitrogens with zero attached hydrogens (tertiary/aromatic N) is 7. The normalized spacial score (nSPS) is 10.9. The number of rotatable bonds is 7. The first-order valence-corrected chi connectivity index (χ1v) is 9.06. The number of hydrogen-bond donors (Lipinski definition) is 0. The van der Waals surface area contributed by atoms with E-state index in [1.54, 1.807) is 0 Å². The monoisotopic (exact) mass is 455 g/mol. The summed E-state index contributed by atoms with van der Waals surface area (Å²) in [6, 6.07) is 8.00. The van der Waals surface area contributed by atoms with Crippen molar-refractivity contribution in [2.45, 2.75) is 13.5 Å². The quantitative estimate of drug-likeness (QED) is 0.390. The summed E-state index contributed by atoms with van der Waals surface area (Å²) in [4.78, 5) is 6.26. The lowest BCUT2D eigenvalue weighted by molar-refractivity contribution is -0.671. The summed E-state index contributed by atoms with van der Waals surface area (Å²) in [7, 11) is 2.02. The zero-order valence-corrected chi connectivity index (χ0v) is 17.6. The molecule has 0 radical (unpaired) electrons. The Morgan fingerprint density at radius 3 is 2.62 bits per heavy atom. The number of aromatic nitrogens is 4. The number of anilines is 1. The van der Waals surface area contributed by atoms with Gasteiger partial charge in [0.15, 0.2) is 0 Å². The van der Waals surface area contributed by atoms with E-state index in [9.17, 15) is 0 Å². The molecule has 0 bridgehead atoms. The molecular weight excluding hydrogens is 438 g/mol. The number of azo groups is 1. The largest absolute Gasteiger partial charge is 1.00 e. The van der Waals surface area contributed by atoms with Gasteiger partial charge < -0.3 is 21.9 Å². The molecule has 0 spiro atoms. The minimum Gasteiger partial charge on any atom is -1.00 e. The minimum absolute atomic E-state index is 0. The third-order valence-electron chi connectivity index (χ3n) is 3.69. The van der Waals surface area contributed by atoms with Crippen molar-refractivity contribution in [3.63, 3.8) is 0 Å². The second kappa shape index (κ2) is 9.75. The molecule has 0 unspecified atom stereocenters. The Bertz CT molecular complexity index is 846. The van der Waals surface area contributed by atoms with E-state index in [1.807, 2.05) is 29.9 Å². The third kappa shape index (κ3) is 5.58. The van der Waals surface area contributed by atoms with Crippen LogP contribution in [0.4, 0.5) is 16.5 Å². The fraction of sp³-hybridized carbons (Fsp3) is 0.312. The van der Waals surface area contributed by atoms with Gasteiger partial charge in [-0.1, -0.05) is 0 Å². The smallest absolute Gasteiger partial charge is 0.250 e. The summed E-state index contributed by atoms with van der Waals surface area (Å²) >= 11 is 6.79. The molecule has 0 saturated carbocycles. The van der Waals surface area contributed by atoms with Gasteiger partial charge in [-0.15, -0.1) is 10.2 Å². The van der Waals surface area contributed by atoms with Crippen LogP contribution in [-0.2, 0) is 13.6 Å². The van der Waals surface area contributed by atoms with Gasteiger partial charge in [0.1, 0.15) is 18.9 Å². The van der Waals surface area contributed by atoms with E-state index in [1.165, 1.54) is 0 Å². The Kier molecular flexibility index (Phi) is 7.67. The molecule has 0 amide bonds. The summed E-state index contributed by atoms with van der Waals surface area (Å²) < 4.78 is 8.08. The zero-order chi connectivity index (χ0) is 17.6. The van der Waals surface area contributed by atoms with Crippen LogP contribution in [0.1, 0.15) is 6.92 Å². The van der Waals surface area contributed by atoms with Gasteiger partial charge in [-0.3, -0.25) is 0 Å². The Hall–Kier alpha value is -1.84. The average molecular weight is 457 g/mol. The maximum atomic E-state index is 5.67. The van der Waals surface area contributed by atoms with E-state index >= 15 is 0 Å². The van der Waals surface area contributed by atoms with Crippen molar-refractivity contribution in [3.8, 4) is 0 Å². The fourth-order valence-electron chi connectivity index (χ4n) is 2.41. The predicted octanol–water partition coefficient (Wildman–Crippen LogP) is 0.763. The van der Waals surface area contributed by atoms with E-state index < -0.39 is 0 Å². The second-order valence-corrected chi connectivity index (χ2v) is 6.53. The van der Waals surface area contributed by atoms with Gasteiger partial charge in [-0.2, -0.15) is 9.36 Å². The Balaban J connectivity index is 0.00000243. The number of benzene rings is 1. The maximum absolute atomic E-state index is 5.67. The van der Waals surface area contributed by atoms with Gasteiger partial charge in [0, 0.05) is 23.8 Å². The van der Waals surface area contributed by atoms with Crippen molar-refractivity contribution in [3.05, 3.63) is 48.3 Å². The van der Waals surface area contributed by atoms with Crippen molar-refractivity contribution in [2.24, 2.45) is 17.3 Å². The van der Waals surface area contributed by atoms with Gasteiger partial charge in [0.2, 0.25) is 16.7 Å². The number of likely N-dealkylation sites (N-methyl/N-ethyl adjacent to an activating group) is 1. The zero-order valence-electron chi connectivity index (χ0n) is 14.5. The lowest BCUT2D eigenvalue weighted by atomic mass is 10.2. The van der Waals surface area contributed by atoms with E-state index in [2.05, 4.69) is 60.6 Å². The molecule has 26 heavy (non-hydrogen) atoms. The Labute approximate surface area is 171 Å². The molecule has 3 aromatic rings. The lowest BCUT2D eigenvalue weighted by Gasteiger charge is -2.22. The SMILES string of the molecule is CCN(CCn1cc[n+](C)c1)c1ccc(/N=N/c2nc(Cl)ns2)cc1.[Br-]. The highest BCUT2D eigenvalue weighted by molar-refractivity contribution is 7.09. The molecule has 138 valence electrons. The van der Waals surface area contributed by atoms with Crippen LogP contribution in [-0.4, -0.2) is 27.0 Å². The predicted molar refractivity (Wildman–Crippen MR) is 99.0 cm³/mol. The molecule has 0 fully saturated rings. The first-order valence-electron chi connectivity index (χ1n) is 7.91. The van der Waals surface area contributed by atoms with Crippen LogP contribution in [0.25, 0.3) is 0 Å². The summed E-state index contributed by atoms with van der Waals surface area (Å²) in [5.74, 6) is 0. The van der Waals surface area contributed by atoms with Crippen molar-refractivity contribution < 1.29 is 21.5 Å². The highest BCUT2D eigenvalue weighted by Gasteiger charge is 2.07. The number of imidazole rings is 1. The summed E-state index contributed by atoms with van der Waals surface area (Å²) in [6.45, 7) is 4.98. The molecule has 2 aromatic heterocycles. The Morgan fingerprint density at radius 2 is 2.04 bits per heavy atom. The van der Waals surface area contributed by atoms with Crippen LogP contribution >= 0.6 is 23.1 Å².